The molecular formula is C16H30N4O2. The molecule has 0 spiro atoms. The Morgan fingerprint density at radius 2 is 2.18 bits per heavy atom. The number of carbonyl (C=O) groups is 1. The molecule has 1 aliphatic carbocycles. The number of carbonyl (C=O) groups excluding carboxylic acids is 1. The van der Waals surface area contributed by atoms with Gasteiger partial charge in [0, 0.05) is 31.6 Å². The van der Waals surface area contributed by atoms with E-state index in [0.717, 1.165) is 51.3 Å². The number of nitrogens with zero attached hydrogens (tertiary/aromatic N) is 2. The molecule has 0 aromatic heterocycles. The fourth-order valence-electron chi connectivity index (χ4n) is 2.93. The average Bonchev–Trinajstić information content (AvgIpc) is 2.90. The molecule has 6 heteroatoms. The van der Waals surface area contributed by atoms with Gasteiger partial charge in [-0.15, -0.1) is 0 Å². The van der Waals surface area contributed by atoms with Crippen LogP contribution in [0, 0.1) is 5.92 Å². The largest absolute Gasteiger partial charge is 0.388 e. The summed E-state index contributed by atoms with van der Waals surface area (Å²) in [7, 11) is 0. The Balaban J connectivity index is 1.86. The van der Waals surface area contributed by atoms with Gasteiger partial charge in [-0.25, -0.2) is 0 Å². The molecule has 126 valence electrons. The van der Waals surface area contributed by atoms with Gasteiger partial charge in [0.15, 0.2) is 5.96 Å². The first-order valence-electron chi connectivity index (χ1n) is 8.49. The second-order valence-electron chi connectivity index (χ2n) is 6.84. The minimum atomic E-state index is -0.600. The fraction of sp³-hybridized carbons (Fsp3) is 0.875. The second kappa shape index (κ2) is 7.31. The van der Waals surface area contributed by atoms with E-state index in [1.54, 1.807) is 0 Å². The van der Waals surface area contributed by atoms with Crippen LogP contribution in [0.4, 0.5) is 0 Å². The van der Waals surface area contributed by atoms with Crippen molar-refractivity contribution in [3.8, 4) is 0 Å². The number of amides is 1. The summed E-state index contributed by atoms with van der Waals surface area (Å²) < 4.78 is 0. The molecule has 3 N–H and O–H groups in total. The van der Waals surface area contributed by atoms with E-state index in [4.69, 9.17) is 0 Å². The van der Waals surface area contributed by atoms with Crippen LogP contribution in [0.1, 0.15) is 46.5 Å². The third-order valence-electron chi connectivity index (χ3n) is 4.49. The van der Waals surface area contributed by atoms with E-state index < -0.39 is 5.60 Å². The topological polar surface area (TPSA) is 77.0 Å². The highest BCUT2D eigenvalue weighted by Crippen LogP contribution is 2.31. The highest BCUT2D eigenvalue weighted by atomic mass is 16.3. The molecule has 1 saturated carbocycles. The van der Waals surface area contributed by atoms with Crippen molar-refractivity contribution in [1.29, 1.82) is 0 Å². The average molecular weight is 310 g/mol. The molecule has 0 aromatic rings. The Kier molecular flexibility index (Phi) is 5.67. The van der Waals surface area contributed by atoms with Gasteiger partial charge >= 0.3 is 0 Å². The van der Waals surface area contributed by atoms with Crippen LogP contribution >= 0.6 is 0 Å². The number of hydrogen-bond donors (Lipinski definition) is 3. The normalized spacial score (nSPS) is 24.3. The van der Waals surface area contributed by atoms with Gasteiger partial charge in [-0.3, -0.25) is 9.79 Å². The first-order chi connectivity index (χ1) is 10.4. The predicted molar refractivity (Wildman–Crippen MR) is 87.7 cm³/mol. The van der Waals surface area contributed by atoms with Gasteiger partial charge in [0.1, 0.15) is 0 Å². The molecule has 2 aliphatic rings. The zero-order valence-corrected chi connectivity index (χ0v) is 14.1. The number of aliphatic hydroxyl groups is 1. The number of aliphatic imine (C=N–C) groups is 1. The van der Waals surface area contributed by atoms with E-state index in [1.165, 1.54) is 0 Å². The van der Waals surface area contributed by atoms with Crippen LogP contribution in [-0.2, 0) is 4.79 Å². The molecule has 22 heavy (non-hydrogen) atoms. The second-order valence-corrected chi connectivity index (χ2v) is 6.84. The first-order valence-corrected chi connectivity index (χ1v) is 8.49. The third kappa shape index (κ3) is 4.35. The van der Waals surface area contributed by atoms with Crippen LogP contribution < -0.4 is 10.6 Å². The van der Waals surface area contributed by atoms with Crippen molar-refractivity contribution in [3.05, 3.63) is 0 Å². The van der Waals surface area contributed by atoms with Crippen molar-refractivity contribution in [2.45, 2.75) is 58.1 Å². The number of likely N-dealkylation sites (tertiary alicyclic amines) is 1. The van der Waals surface area contributed by atoms with E-state index >= 15 is 0 Å². The minimum absolute atomic E-state index is 0.0496. The highest BCUT2D eigenvalue weighted by Gasteiger charge is 2.34. The van der Waals surface area contributed by atoms with Crippen molar-refractivity contribution in [2.24, 2.45) is 10.9 Å². The molecule has 0 aromatic carbocycles. The SMILES string of the molecule is CCNC(=NCC1(O)CCC1)NC1CCN(C(=O)C(C)C)C1. The lowest BCUT2D eigenvalue weighted by atomic mass is 9.80. The number of guanidine groups is 1. The van der Waals surface area contributed by atoms with Crippen molar-refractivity contribution in [2.75, 3.05) is 26.2 Å². The zero-order valence-electron chi connectivity index (χ0n) is 14.1. The van der Waals surface area contributed by atoms with E-state index in [2.05, 4.69) is 15.6 Å². The molecule has 0 radical (unpaired) electrons. The van der Waals surface area contributed by atoms with Crippen molar-refractivity contribution < 1.29 is 9.90 Å². The summed E-state index contributed by atoms with van der Waals surface area (Å²) in [5.74, 6) is 1.01. The lowest BCUT2D eigenvalue weighted by Gasteiger charge is -2.35. The Bertz CT molecular complexity index is 418. The van der Waals surface area contributed by atoms with Gasteiger partial charge in [-0.1, -0.05) is 13.8 Å². The van der Waals surface area contributed by atoms with Gasteiger partial charge < -0.3 is 20.6 Å². The molecule has 1 heterocycles. The molecule has 0 bridgehead atoms. The maximum absolute atomic E-state index is 12.0. The molecular weight excluding hydrogens is 280 g/mol. The van der Waals surface area contributed by atoms with E-state index in [0.29, 0.717) is 6.54 Å². The van der Waals surface area contributed by atoms with Gasteiger partial charge in [-0.05, 0) is 32.6 Å². The number of hydrogen-bond acceptors (Lipinski definition) is 3. The van der Waals surface area contributed by atoms with Gasteiger partial charge in [-0.2, -0.15) is 0 Å². The van der Waals surface area contributed by atoms with Crippen molar-refractivity contribution >= 4 is 11.9 Å². The molecule has 1 unspecified atom stereocenters. The Labute approximate surface area is 133 Å². The molecule has 1 amide bonds. The predicted octanol–water partition coefficient (Wildman–Crippen LogP) is 0.713. The van der Waals surface area contributed by atoms with Crippen molar-refractivity contribution in [3.63, 3.8) is 0 Å². The minimum Gasteiger partial charge on any atom is -0.388 e. The summed E-state index contributed by atoms with van der Waals surface area (Å²) in [6, 6.07) is 0.233. The Hall–Kier alpha value is -1.30. The Morgan fingerprint density at radius 3 is 2.73 bits per heavy atom. The summed E-state index contributed by atoms with van der Waals surface area (Å²) in [5.41, 5.74) is -0.600. The summed E-state index contributed by atoms with van der Waals surface area (Å²) in [5, 5.41) is 16.8. The van der Waals surface area contributed by atoms with Crippen LogP contribution in [-0.4, -0.2) is 59.7 Å². The summed E-state index contributed by atoms with van der Waals surface area (Å²) in [6.45, 7) is 8.67. The van der Waals surface area contributed by atoms with E-state index in [9.17, 15) is 9.90 Å². The molecule has 1 atom stereocenters. The van der Waals surface area contributed by atoms with Crippen LogP contribution in [0.25, 0.3) is 0 Å². The van der Waals surface area contributed by atoms with Crippen LogP contribution in [0.3, 0.4) is 0 Å². The van der Waals surface area contributed by atoms with E-state index in [-0.39, 0.29) is 17.9 Å². The molecule has 6 nitrogen and oxygen atoms in total. The maximum Gasteiger partial charge on any atom is 0.225 e. The Morgan fingerprint density at radius 1 is 1.45 bits per heavy atom. The fourth-order valence-corrected chi connectivity index (χ4v) is 2.93. The van der Waals surface area contributed by atoms with Crippen LogP contribution in [0.2, 0.25) is 0 Å². The zero-order chi connectivity index (χ0) is 16.2. The monoisotopic (exact) mass is 310 g/mol. The van der Waals surface area contributed by atoms with Gasteiger partial charge in [0.25, 0.3) is 0 Å². The quantitative estimate of drug-likeness (QED) is 0.516. The van der Waals surface area contributed by atoms with Crippen LogP contribution in [0.5, 0.6) is 0 Å². The van der Waals surface area contributed by atoms with Gasteiger partial charge in [0.2, 0.25) is 5.91 Å². The molecule has 1 aliphatic heterocycles. The smallest absolute Gasteiger partial charge is 0.225 e. The summed E-state index contributed by atoms with van der Waals surface area (Å²) in [4.78, 5) is 18.5. The van der Waals surface area contributed by atoms with Crippen LogP contribution in [0.15, 0.2) is 4.99 Å². The highest BCUT2D eigenvalue weighted by molar-refractivity contribution is 5.81. The maximum atomic E-state index is 12.0. The van der Waals surface area contributed by atoms with E-state index in [1.807, 2.05) is 25.7 Å². The summed E-state index contributed by atoms with van der Waals surface area (Å²) >= 11 is 0. The summed E-state index contributed by atoms with van der Waals surface area (Å²) in [6.07, 6.45) is 3.71. The first kappa shape index (κ1) is 17.1. The number of nitrogens with one attached hydrogen (secondary N) is 2. The lowest BCUT2D eigenvalue weighted by molar-refractivity contribution is -0.133. The standard InChI is InChI=1S/C16H30N4O2/c1-4-17-15(18-11-16(22)7-5-8-16)19-13-6-9-20(10-13)14(21)12(2)3/h12-13,22H,4-11H2,1-3H3,(H2,17,18,19). The molecule has 2 rings (SSSR count). The number of rotatable bonds is 5. The van der Waals surface area contributed by atoms with Gasteiger partial charge in [0.05, 0.1) is 12.1 Å². The lowest BCUT2D eigenvalue weighted by Crippen LogP contribution is -2.47. The van der Waals surface area contributed by atoms with Crippen molar-refractivity contribution in [1.82, 2.24) is 15.5 Å². The molecule has 2 fully saturated rings. The third-order valence-corrected chi connectivity index (χ3v) is 4.49. The molecule has 1 saturated heterocycles.